The van der Waals surface area contributed by atoms with Crippen molar-refractivity contribution in [2.75, 3.05) is 6.61 Å². The molecule has 0 fully saturated rings. The van der Waals surface area contributed by atoms with Crippen LogP contribution in [-0.4, -0.2) is 21.0 Å². The molecule has 0 aliphatic carbocycles. The summed E-state index contributed by atoms with van der Waals surface area (Å²) in [6.07, 6.45) is 0.719. The molecule has 0 aromatic heterocycles. The highest BCUT2D eigenvalue weighted by Gasteiger charge is 2.21. The molecule has 0 heterocycles. The fourth-order valence-electron chi connectivity index (χ4n) is 1.33. The zero-order valence-electron chi connectivity index (χ0n) is 10.8. The molecule has 1 aromatic carbocycles. The monoisotopic (exact) mass is 402 g/mol. The van der Waals surface area contributed by atoms with Gasteiger partial charge >= 0.3 is 5.97 Å². The average molecular weight is 404 g/mol. The van der Waals surface area contributed by atoms with E-state index in [4.69, 9.17) is 27.0 Å². The van der Waals surface area contributed by atoms with Gasteiger partial charge in [0, 0.05) is 10.7 Å². The quantitative estimate of drug-likeness (QED) is 0.545. The van der Waals surface area contributed by atoms with Crippen LogP contribution in [0.15, 0.2) is 21.5 Å². The minimum absolute atomic E-state index is 0.0428. The topological polar surface area (TPSA) is 60.4 Å². The van der Waals surface area contributed by atoms with Crippen molar-refractivity contribution < 1.29 is 17.9 Å². The van der Waals surface area contributed by atoms with E-state index in [0.717, 1.165) is 12.5 Å². The molecule has 1 rings (SSSR count). The first kappa shape index (κ1) is 17.8. The molecule has 0 bridgehead atoms. The van der Waals surface area contributed by atoms with E-state index >= 15 is 0 Å². The standard InChI is InChI=1S/C12H13BrCl2O4S/c1-7(2)3-4-19-12(16)8-5-9(14)11(13)10(6-8)20(15,17)18/h5-7H,3-4H2,1-2H3. The van der Waals surface area contributed by atoms with Gasteiger partial charge in [-0.05, 0) is 40.4 Å². The second-order valence-electron chi connectivity index (χ2n) is 4.53. The summed E-state index contributed by atoms with van der Waals surface area (Å²) in [5.74, 6) is -0.239. The Morgan fingerprint density at radius 2 is 2.00 bits per heavy atom. The highest BCUT2D eigenvalue weighted by atomic mass is 79.9. The van der Waals surface area contributed by atoms with Gasteiger partial charge in [0.05, 0.1) is 26.6 Å². The molecule has 0 aliphatic rings. The summed E-state index contributed by atoms with van der Waals surface area (Å²) in [5, 5.41) is 0.0718. The zero-order valence-corrected chi connectivity index (χ0v) is 14.7. The highest BCUT2D eigenvalue weighted by Crippen LogP contribution is 2.33. The molecule has 0 saturated carbocycles. The predicted octanol–water partition coefficient (Wildman–Crippen LogP) is 4.23. The van der Waals surface area contributed by atoms with Gasteiger partial charge in [0.1, 0.15) is 0 Å². The van der Waals surface area contributed by atoms with Crippen molar-refractivity contribution in [3.63, 3.8) is 0 Å². The molecule has 0 aliphatic heterocycles. The third-order valence-electron chi connectivity index (χ3n) is 2.42. The Morgan fingerprint density at radius 3 is 2.50 bits per heavy atom. The van der Waals surface area contributed by atoms with Gasteiger partial charge in [-0.3, -0.25) is 0 Å². The van der Waals surface area contributed by atoms with E-state index in [2.05, 4.69) is 15.9 Å². The molecule has 0 radical (unpaired) electrons. The van der Waals surface area contributed by atoms with Crippen molar-refractivity contribution in [2.24, 2.45) is 5.92 Å². The lowest BCUT2D eigenvalue weighted by Gasteiger charge is -2.09. The second kappa shape index (κ2) is 7.11. The first-order valence-electron chi connectivity index (χ1n) is 5.73. The summed E-state index contributed by atoms with van der Waals surface area (Å²) >= 11 is 8.90. The lowest BCUT2D eigenvalue weighted by Crippen LogP contribution is -2.09. The van der Waals surface area contributed by atoms with Crippen LogP contribution in [0.25, 0.3) is 0 Å². The molecule has 8 heteroatoms. The van der Waals surface area contributed by atoms with E-state index in [9.17, 15) is 13.2 Å². The molecule has 0 spiro atoms. The molecule has 0 amide bonds. The van der Waals surface area contributed by atoms with Crippen LogP contribution in [0, 0.1) is 5.92 Å². The van der Waals surface area contributed by atoms with Crippen LogP contribution >= 0.6 is 38.2 Å². The number of benzene rings is 1. The smallest absolute Gasteiger partial charge is 0.338 e. The minimum atomic E-state index is -4.01. The van der Waals surface area contributed by atoms with E-state index in [1.54, 1.807) is 0 Å². The van der Waals surface area contributed by atoms with E-state index in [-0.39, 0.29) is 26.6 Å². The molecular weight excluding hydrogens is 391 g/mol. The normalized spacial score (nSPS) is 11.7. The number of halogens is 3. The predicted molar refractivity (Wildman–Crippen MR) is 81.9 cm³/mol. The number of hydrogen-bond acceptors (Lipinski definition) is 4. The van der Waals surface area contributed by atoms with Crippen LogP contribution in [0.2, 0.25) is 5.02 Å². The molecule has 0 N–H and O–H groups in total. The first-order chi connectivity index (χ1) is 9.12. The Balaban J connectivity index is 3.03. The van der Waals surface area contributed by atoms with Gasteiger partial charge in [0.25, 0.3) is 9.05 Å². The number of carbonyl (C=O) groups excluding carboxylic acids is 1. The van der Waals surface area contributed by atoms with Crippen LogP contribution in [0.3, 0.4) is 0 Å². The third-order valence-corrected chi connectivity index (χ3v) is 5.41. The van der Waals surface area contributed by atoms with Gasteiger partial charge in [-0.25, -0.2) is 13.2 Å². The van der Waals surface area contributed by atoms with Crippen LogP contribution in [0.5, 0.6) is 0 Å². The van der Waals surface area contributed by atoms with Crippen LogP contribution in [0.1, 0.15) is 30.6 Å². The van der Waals surface area contributed by atoms with Crippen molar-refractivity contribution in [3.8, 4) is 0 Å². The summed E-state index contributed by atoms with van der Waals surface area (Å²) in [6.45, 7) is 4.26. The lowest BCUT2D eigenvalue weighted by molar-refractivity contribution is 0.0488. The molecule has 4 nitrogen and oxygen atoms in total. The SMILES string of the molecule is CC(C)CCOC(=O)c1cc(Cl)c(Br)c(S(=O)(=O)Cl)c1. The highest BCUT2D eigenvalue weighted by molar-refractivity contribution is 9.10. The zero-order chi connectivity index (χ0) is 15.5. The van der Waals surface area contributed by atoms with E-state index in [1.807, 2.05) is 13.8 Å². The van der Waals surface area contributed by atoms with E-state index < -0.39 is 15.0 Å². The summed E-state index contributed by atoms with van der Waals surface area (Å²) in [4.78, 5) is 11.6. The van der Waals surface area contributed by atoms with E-state index in [0.29, 0.717) is 5.92 Å². The summed E-state index contributed by atoms with van der Waals surface area (Å²) in [7, 11) is 1.28. The molecule has 0 saturated heterocycles. The Kier molecular flexibility index (Phi) is 6.31. The number of hydrogen-bond donors (Lipinski definition) is 0. The van der Waals surface area contributed by atoms with Crippen molar-refractivity contribution in [1.29, 1.82) is 0 Å². The summed E-state index contributed by atoms with van der Waals surface area (Å²) < 4.78 is 28.0. The number of carbonyl (C=O) groups is 1. The maximum atomic E-state index is 11.8. The van der Waals surface area contributed by atoms with Gasteiger partial charge in [0.15, 0.2) is 0 Å². The fourth-order valence-corrected chi connectivity index (χ4v) is 3.71. The maximum absolute atomic E-state index is 11.8. The number of ether oxygens (including phenoxy) is 1. The molecule has 1 aromatic rings. The maximum Gasteiger partial charge on any atom is 0.338 e. The van der Waals surface area contributed by atoms with Crippen LogP contribution in [-0.2, 0) is 13.8 Å². The Morgan fingerprint density at radius 1 is 1.40 bits per heavy atom. The van der Waals surface area contributed by atoms with Gasteiger partial charge in [0.2, 0.25) is 0 Å². The first-order valence-corrected chi connectivity index (χ1v) is 9.21. The largest absolute Gasteiger partial charge is 0.462 e. The van der Waals surface area contributed by atoms with Crippen molar-refractivity contribution in [1.82, 2.24) is 0 Å². The van der Waals surface area contributed by atoms with Crippen molar-refractivity contribution >= 4 is 53.2 Å². The Bertz CT molecular complexity index is 614. The van der Waals surface area contributed by atoms with Crippen molar-refractivity contribution in [3.05, 3.63) is 27.2 Å². The second-order valence-corrected chi connectivity index (χ2v) is 8.26. The molecule has 112 valence electrons. The van der Waals surface area contributed by atoms with Crippen LogP contribution < -0.4 is 0 Å². The lowest BCUT2D eigenvalue weighted by atomic mass is 10.1. The fraction of sp³-hybridized carbons (Fsp3) is 0.417. The minimum Gasteiger partial charge on any atom is -0.462 e. The van der Waals surface area contributed by atoms with Gasteiger partial charge in [-0.1, -0.05) is 25.4 Å². The summed E-state index contributed by atoms with van der Waals surface area (Å²) in [5.41, 5.74) is 0.0428. The van der Waals surface area contributed by atoms with Gasteiger partial charge < -0.3 is 4.74 Å². The van der Waals surface area contributed by atoms with Crippen molar-refractivity contribution in [2.45, 2.75) is 25.2 Å². The Hall–Kier alpha value is -0.300. The van der Waals surface area contributed by atoms with Gasteiger partial charge in [-0.2, -0.15) is 0 Å². The number of esters is 1. The number of rotatable bonds is 5. The third kappa shape index (κ3) is 4.91. The molecular formula is C12H13BrCl2O4S. The molecule has 0 atom stereocenters. The van der Waals surface area contributed by atoms with E-state index in [1.165, 1.54) is 6.07 Å². The average Bonchev–Trinajstić information content (AvgIpc) is 2.30. The van der Waals surface area contributed by atoms with Gasteiger partial charge in [-0.15, -0.1) is 0 Å². The molecule has 0 unspecified atom stereocenters. The summed E-state index contributed by atoms with van der Waals surface area (Å²) in [6, 6.07) is 2.46. The Labute approximate surface area is 135 Å². The van der Waals surface area contributed by atoms with Crippen LogP contribution in [0.4, 0.5) is 0 Å². The molecule has 20 heavy (non-hydrogen) atoms.